The molecule has 1 atom stereocenters. The second-order valence-electron chi connectivity index (χ2n) is 4.34. The Morgan fingerprint density at radius 1 is 1.62 bits per heavy atom. The average molecular weight is 296 g/mol. The van der Waals surface area contributed by atoms with Gasteiger partial charge in [-0.05, 0) is 6.07 Å². The van der Waals surface area contributed by atoms with E-state index in [0.29, 0.717) is 13.2 Å². The normalized spacial score (nSPS) is 18.2. The molecule has 1 aliphatic rings. The van der Waals surface area contributed by atoms with Gasteiger partial charge in [-0.2, -0.15) is 0 Å². The summed E-state index contributed by atoms with van der Waals surface area (Å²) in [7, 11) is 1.49. The van der Waals surface area contributed by atoms with E-state index in [-0.39, 0.29) is 29.8 Å². The minimum absolute atomic E-state index is 0.0901. The second kappa shape index (κ2) is 6.33. The van der Waals surface area contributed by atoms with Crippen molar-refractivity contribution in [2.24, 2.45) is 5.84 Å². The van der Waals surface area contributed by atoms with E-state index >= 15 is 0 Å². The van der Waals surface area contributed by atoms with Crippen LogP contribution in [0.15, 0.2) is 12.1 Å². The number of aromatic nitrogens is 1. The highest BCUT2D eigenvalue weighted by molar-refractivity contribution is 5.86. The molecule has 114 valence electrons. The first-order chi connectivity index (χ1) is 10.1. The minimum atomic E-state index is -0.678. The number of carbonyl (C=O) groups excluding carboxylic acids is 1. The highest BCUT2D eigenvalue weighted by Gasteiger charge is 2.34. The van der Waals surface area contributed by atoms with Gasteiger partial charge in [-0.15, -0.1) is 0 Å². The number of rotatable bonds is 4. The maximum Gasteiger partial charge on any atom is 0.311 e. The topological polar surface area (TPSA) is 136 Å². The predicted molar refractivity (Wildman–Crippen MR) is 74.7 cm³/mol. The van der Waals surface area contributed by atoms with Crippen molar-refractivity contribution in [2.45, 2.75) is 6.04 Å². The molecule has 0 saturated carbocycles. The quantitative estimate of drug-likeness (QED) is 0.374. The number of nitrogens with zero attached hydrogens (tertiary/aromatic N) is 3. The summed E-state index contributed by atoms with van der Waals surface area (Å²) >= 11 is 0. The van der Waals surface area contributed by atoms with E-state index in [1.54, 1.807) is 4.90 Å². The van der Waals surface area contributed by atoms with Gasteiger partial charge in [0.25, 0.3) is 0 Å². The molecular formula is C11H16N6O4. The number of pyridine rings is 1. The number of nitrogens with one attached hydrogen (secondary N) is 2. The van der Waals surface area contributed by atoms with Gasteiger partial charge in [0.05, 0.1) is 18.1 Å². The number of hydrazine groups is 1. The van der Waals surface area contributed by atoms with Gasteiger partial charge in [-0.1, -0.05) is 0 Å². The molecule has 2 heterocycles. The minimum Gasteiger partial charge on any atom is -0.377 e. The van der Waals surface area contributed by atoms with Crippen LogP contribution >= 0.6 is 0 Å². The Balaban J connectivity index is 2.45. The number of likely N-dealkylation sites (N-methyl/N-ethyl adjacent to an activating group) is 1. The van der Waals surface area contributed by atoms with Crippen LogP contribution in [0, 0.1) is 10.1 Å². The number of ether oxygens (including phenoxy) is 1. The zero-order valence-corrected chi connectivity index (χ0v) is 11.4. The first-order valence-corrected chi connectivity index (χ1v) is 6.26. The lowest BCUT2D eigenvalue weighted by Crippen LogP contribution is -2.53. The maximum absolute atomic E-state index is 11.9. The van der Waals surface area contributed by atoms with E-state index in [1.165, 1.54) is 19.2 Å². The number of nitro groups is 1. The van der Waals surface area contributed by atoms with Gasteiger partial charge in [0.1, 0.15) is 11.9 Å². The molecule has 1 unspecified atom stereocenters. The molecule has 1 aliphatic heterocycles. The molecule has 1 aromatic heterocycles. The summed E-state index contributed by atoms with van der Waals surface area (Å²) in [5.74, 6) is 5.36. The van der Waals surface area contributed by atoms with Gasteiger partial charge in [-0.25, -0.2) is 10.8 Å². The standard InChI is InChI=1S/C11H16N6O4/c1-13-11(18)8-6-21-5-4-16(8)10-7(17(19)20)2-3-9(14-10)15-12/h2-3,8H,4-6,12H2,1H3,(H,13,18)(H,14,15). The largest absolute Gasteiger partial charge is 0.377 e. The third kappa shape index (κ3) is 3.01. The van der Waals surface area contributed by atoms with Crippen LogP contribution in [0.2, 0.25) is 0 Å². The van der Waals surface area contributed by atoms with Crippen molar-refractivity contribution in [3.05, 3.63) is 22.2 Å². The van der Waals surface area contributed by atoms with Crippen molar-refractivity contribution in [1.82, 2.24) is 10.3 Å². The molecule has 4 N–H and O–H groups in total. The molecule has 1 amide bonds. The molecule has 1 aromatic rings. The summed E-state index contributed by atoms with van der Waals surface area (Å²) in [5.41, 5.74) is 2.15. The summed E-state index contributed by atoms with van der Waals surface area (Å²) in [6, 6.07) is 2.02. The highest BCUT2D eigenvalue weighted by atomic mass is 16.6. The van der Waals surface area contributed by atoms with Crippen molar-refractivity contribution in [3.63, 3.8) is 0 Å². The number of hydrogen-bond donors (Lipinski definition) is 3. The Morgan fingerprint density at radius 2 is 2.38 bits per heavy atom. The van der Waals surface area contributed by atoms with Gasteiger partial charge in [-0.3, -0.25) is 14.9 Å². The number of nitrogen functional groups attached to an aromatic ring is 1. The molecule has 1 fully saturated rings. The fourth-order valence-corrected chi connectivity index (χ4v) is 2.12. The number of nitrogens with two attached hydrogens (primary N) is 1. The zero-order chi connectivity index (χ0) is 15.4. The Kier molecular flexibility index (Phi) is 4.50. The van der Waals surface area contributed by atoms with Crippen LogP contribution in [-0.2, 0) is 9.53 Å². The fraction of sp³-hybridized carbons (Fsp3) is 0.455. The summed E-state index contributed by atoms with van der Waals surface area (Å²) in [6.45, 7) is 0.811. The fourth-order valence-electron chi connectivity index (χ4n) is 2.12. The summed E-state index contributed by atoms with van der Waals surface area (Å²) in [5, 5.41) is 13.7. The van der Waals surface area contributed by atoms with E-state index in [0.717, 1.165) is 0 Å². The highest BCUT2D eigenvalue weighted by Crippen LogP contribution is 2.30. The lowest BCUT2D eigenvalue weighted by Gasteiger charge is -2.34. The molecular weight excluding hydrogens is 280 g/mol. The van der Waals surface area contributed by atoms with Crippen LogP contribution in [0.25, 0.3) is 0 Å². The summed E-state index contributed by atoms with van der Waals surface area (Å²) in [4.78, 5) is 28.2. The van der Waals surface area contributed by atoms with Gasteiger partial charge < -0.3 is 20.4 Å². The zero-order valence-electron chi connectivity index (χ0n) is 11.4. The van der Waals surface area contributed by atoms with Gasteiger partial charge in [0, 0.05) is 19.7 Å². The van der Waals surface area contributed by atoms with Gasteiger partial charge in [0.15, 0.2) is 0 Å². The van der Waals surface area contributed by atoms with E-state index in [4.69, 9.17) is 10.6 Å². The number of carbonyl (C=O) groups is 1. The van der Waals surface area contributed by atoms with Crippen LogP contribution in [0.1, 0.15) is 0 Å². The van der Waals surface area contributed by atoms with Crippen molar-refractivity contribution >= 4 is 23.2 Å². The van der Waals surface area contributed by atoms with Gasteiger partial charge in [0.2, 0.25) is 11.7 Å². The molecule has 10 heteroatoms. The SMILES string of the molecule is CNC(=O)C1COCCN1c1nc(NN)ccc1[N+](=O)[O-]. The predicted octanol–water partition coefficient (Wildman–Crippen LogP) is -0.773. The lowest BCUT2D eigenvalue weighted by atomic mass is 10.2. The van der Waals surface area contributed by atoms with Crippen LogP contribution in [0.5, 0.6) is 0 Å². The van der Waals surface area contributed by atoms with Crippen LogP contribution < -0.4 is 21.5 Å². The van der Waals surface area contributed by atoms with Crippen molar-refractivity contribution in [2.75, 3.05) is 37.1 Å². The Labute approximate surface area is 120 Å². The molecule has 2 rings (SSSR count). The third-order valence-corrected chi connectivity index (χ3v) is 3.15. The molecule has 0 bridgehead atoms. The average Bonchev–Trinajstić information content (AvgIpc) is 2.53. The van der Waals surface area contributed by atoms with Gasteiger partial charge >= 0.3 is 5.69 Å². The van der Waals surface area contributed by atoms with Crippen LogP contribution in [-0.4, -0.2) is 48.7 Å². The van der Waals surface area contributed by atoms with E-state index in [1.807, 2.05) is 0 Å². The Hall–Kier alpha value is -2.46. The monoisotopic (exact) mass is 296 g/mol. The summed E-state index contributed by atoms with van der Waals surface area (Å²) < 4.78 is 5.27. The molecule has 0 aromatic carbocycles. The number of anilines is 2. The molecule has 0 aliphatic carbocycles. The van der Waals surface area contributed by atoms with E-state index in [2.05, 4.69) is 15.7 Å². The first kappa shape index (κ1) is 14.9. The van der Waals surface area contributed by atoms with Crippen LogP contribution in [0.4, 0.5) is 17.3 Å². The molecule has 1 saturated heterocycles. The molecule has 0 radical (unpaired) electrons. The van der Waals surface area contributed by atoms with Crippen molar-refractivity contribution in [3.8, 4) is 0 Å². The molecule has 21 heavy (non-hydrogen) atoms. The number of hydrogen-bond acceptors (Lipinski definition) is 8. The summed E-state index contributed by atoms with van der Waals surface area (Å²) in [6.07, 6.45) is 0. The number of morpholine rings is 1. The molecule has 0 spiro atoms. The Morgan fingerprint density at radius 3 is 3.00 bits per heavy atom. The first-order valence-electron chi connectivity index (χ1n) is 6.26. The lowest BCUT2D eigenvalue weighted by molar-refractivity contribution is -0.384. The third-order valence-electron chi connectivity index (χ3n) is 3.15. The van der Waals surface area contributed by atoms with E-state index in [9.17, 15) is 14.9 Å². The van der Waals surface area contributed by atoms with Crippen molar-refractivity contribution in [1.29, 1.82) is 0 Å². The van der Waals surface area contributed by atoms with Crippen LogP contribution in [0.3, 0.4) is 0 Å². The smallest absolute Gasteiger partial charge is 0.311 e. The maximum atomic E-state index is 11.9. The van der Waals surface area contributed by atoms with Crippen molar-refractivity contribution < 1.29 is 14.5 Å². The second-order valence-corrected chi connectivity index (χ2v) is 4.34. The Bertz CT molecular complexity index is 552. The van der Waals surface area contributed by atoms with E-state index < -0.39 is 11.0 Å². The molecule has 10 nitrogen and oxygen atoms in total. The number of amides is 1.